The van der Waals surface area contributed by atoms with E-state index in [1.165, 1.54) is 38.6 Å². The largest absolute Gasteiger partial charge is 0.477 e. The third-order valence-electron chi connectivity index (χ3n) is 9.03. The lowest BCUT2D eigenvalue weighted by Gasteiger charge is -2.40. The molecule has 4 bridgehead atoms. The van der Waals surface area contributed by atoms with Crippen molar-refractivity contribution in [2.24, 2.45) is 17.8 Å². The summed E-state index contributed by atoms with van der Waals surface area (Å²) in [6, 6.07) is 15.3. The average Bonchev–Trinajstić information content (AvgIpc) is 2.93. The third-order valence-corrected chi connectivity index (χ3v) is 10.4. The zero-order valence-electron chi connectivity index (χ0n) is 23.6. The van der Waals surface area contributed by atoms with Crippen molar-refractivity contribution in [2.45, 2.75) is 63.7 Å². The number of hydrogen-bond donors (Lipinski definition) is 1. The zero-order chi connectivity index (χ0) is 27.7. The summed E-state index contributed by atoms with van der Waals surface area (Å²) in [6.45, 7) is 7.88. The Labute approximate surface area is 238 Å². The van der Waals surface area contributed by atoms with Gasteiger partial charge in [0.15, 0.2) is 0 Å². The Morgan fingerprint density at radius 2 is 1.73 bits per heavy atom. The van der Waals surface area contributed by atoms with Crippen LogP contribution in [0.4, 0.5) is 5.95 Å². The minimum absolute atomic E-state index is 0.0268. The van der Waals surface area contributed by atoms with Crippen molar-refractivity contribution in [2.75, 3.05) is 31.0 Å². The van der Waals surface area contributed by atoms with Gasteiger partial charge in [-0.2, -0.15) is 4.98 Å². The SMILES string of the molecule is Cc1cccc(C)c1-c1cc2nc(n1)NS(=O)(=O)c1cccc(c1)CC1CCN(CC3CCCCC3)CC1CO2. The molecule has 0 amide bonds. The van der Waals surface area contributed by atoms with Gasteiger partial charge in [0.2, 0.25) is 11.8 Å². The second kappa shape index (κ2) is 11.5. The van der Waals surface area contributed by atoms with Gasteiger partial charge in [0, 0.05) is 30.6 Å². The third kappa shape index (κ3) is 6.03. The summed E-state index contributed by atoms with van der Waals surface area (Å²) in [5.41, 5.74) is 4.79. The monoisotopic (exact) mass is 560 g/mol. The Balaban J connectivity index is 1.36. The van der Waals surface area contributed by atoms with Crippen molar-refractivity contribution in [3.05, 3.63) is 65.2 Å². The molecule has 2 atom stereocenters. The maximum absolute atomic E-state index is 13.4. The average molecular weight is 561 g/mol. The number of nitrogens with zero attached hydrogens (tertiary/aromatic N) is 3. The molecule has 2 fully saturated rings. The number of likely N-dealkylation sites (tertiary alicyclic amines) is 1. The summed E-state index contributed by atoms with van der Waals surface area (Å²) < 4.78 is 35.9. The summed E-state index contributed by atoms with van der Waals surface area (Å²) in [4.78, 5) is 12.1. The molecule has 2 aliphatic heterocycles. The molecule has 7 nitrogen and oxygen atoms in total. The van der Waals surface area contributed by atoms with Crippen LogP contribution in [-0.2, 0) is 16.4 Å². The van der Waals surface area contributed by atoms with Crippen LogP contribution in [0.3, 0.4) is 0 Å². The minimum atomic E-state index is -3.87. The number of anilines is 1. The molecule has 1 aliphatic carbocycles. The van der Waals surface area contributed by atoms with Crippen LogP contribution in [0.15, 0.2) is 53.4 Å². The molecule has 2 unspecified atom stereocenters. The van der Waals surface area contributed by atoms with Gasteiger partial charge in [-0.1, -0.05) is 49.6 Å². The molecule has 3 aromatic rings. The van der Waals surface area contributed by atoms with E-state index in [1.54, 1.807) is 6.07 Å². The molecule has 6 rings (SSSR count). The number of aromatic nitrogens is 2. The van der Waals surface area contributed by atoms with E-state index in [9.17, 15) is 8.42 Å². The van der Waals surface area contributed by atoms with Crippen LogP contribution < -0.4 is 9.46 Å². The van der Waals surface area contributed by atoms with Crippen LogP contribution in [0.1, 0.15) is 55.2 Å². The highest BCUT2D eigenvalue weighted by molar-refractivity contribution is 7.92. The van der Waals surface area contributed by atoms with Crippen LogP contribution in [0.5, 0.6) is 5.88 Å². The summed E-state index contributed by atoms with van der Waals surface area (Å²) >= 11 is 0. The van der Waals surface area contributed by atoms with Gasteiger partial charge < -0.3 is 9.64 Å². The predicted octanol–water partition coefficient (Wildman–Crippen LogP) is 6.01. The van der Waals surface area contributed by atoms with Crippen LogP contribution in [0.25, 0.3) is 11.3 Å². The smallest absolute Gasteiger partial charge is 0.264 e. The number of rotatable bonds is 3. The minimum Gasteiger partial charge on any atom is -0.477 e. The Morgan fingerprint density at radius 1 is 0.950 bits per heavy atom. The molecule has 3 aliphatic rings. The topological polar surface area (TPSA) is 84.4 Å². The van der Waals surface area contributed by atoms with Crippen LogP contribution in [0.2, 0.25) is 0 Å². The lowest BCUT2D eigenvalue weighted by atomic mass is 9.80. The van der Waals surface area contributed by atoms with E-state index in [-0.39, 0.29) is 10.8 Å². The van der Waals surface area contributed by atoms with Crippen molar-refractivity contribution >= 4 is 16.0 Å². The number of fused-ring (bicyclic) bond motifs is 5. The van der Waals surface area contributed by atoms with Crippen molar-refractivity contribution < 1.29 is 13.2 Å². The molecule has 40 heavy (non-hydrogen) atoms. The Bertz CT molecular complexity index is 1450. The van der Waals surface area contributed by atoms with E-state index < -0.39 is 10.0 Å². The fraction of sp³-hybridized carbons (Fsp3) is 0.500. The summed E-state index contributed by atoms with van der Waals surface area (Å²) in [5.74, 6) is 1.97. The summed E-state index contributed by atoms with van der Waals surface area (Å²) in [7, 11) is -3.87. The molecule has 212 valence electrons. The zero-order valence-corrected chi connectivity index (χ0v) is 24.4. The number of ether oxygens (including phenoxy) is 1. The van der Waals surface area contributed by atoms with E-state index in [0.29, 0.717) is 30.0 Å². The highest BCUT2D eigenvalue weighted by Crippen LogP contribution is 2.33. The highest BCUT2D eigenvalue weighted by Gasteiger charge is 2.32. The maximum Gasteiger partial charge on any atom is 0.264 e. The van der Waals surface area contributed by atoms with E-state index in [2.05, 4.69) is 19.6 Å². The molecular formula is C32H40N4O3S. The van der Waals surface area contributed by atoms with Gasteiger partial charge in [0.25, 0.3) is 10.0 Å². The molecule has 8 heteroatoms. The predicted molar refractivity (Wildman–Crippen MR) is 158 cm³/mol. The molecular weight excluding hydrogens is 520 g/mol. The van der Waals surface area contributed by atoms with Crippen LogP contribution >= 0.6 is 0 Å². The Hall–Kier alpha value is -2.97. The molecule has 1 N–H and O–H groups in total. The lowest BCUT2D eigenvalue weighted by Crippen LogP contribution is -2.45. The number of hydrogen-bond acceptors (Lipinski definition) is 6. The van der Waals surface area contributed by atoms with Crippen molar-refractivity contribution in [3.8, 4) is 17.1 Å². The van der Waals surface area contributed by atoms with Gasteiger partial charge in [-0.05, 0) is 86.7 Å². The van der Waals surface area contributed by atoms with Gasteiger partial charge in [-0.15, -0.1) is 0 Å². The second-order valence-corrected chi connectivity index (χ2v) is 13.7. The molecule has 1 saturated carbocycles. The molecule has 1 saturated heterocycles. The van der Waals surface area contributed by atoms with Gasteiger partial charge in [-0.25, -0.2) is 18.1 Å². The number of benzene rings is 2. The first kappa shape index (κ1) is 27.2. The van der Waals surface area contributed by atoms with E-state index in [1.807, 2.05) is 56.3 Å². The molecule has 0 spiro atoms. The van der Waals surface area contributed by atoms with Crippen molar-refractivity contribution in [1.29, 1.82) is 0 Å². The Morgan fingerprint density at radius 3 is 2.52 bits per heavy atom. The standard InChI is InChI=1S/C32H40N4O3S/c1-22-8-6-9-23(2)31(22)29-18-30-34-32(33-29)35-40(37,38)28-13-7-12-25(17-28)16-26-14-15-36(20-27(26)21-39-30)19-24-10-4-3-5-11-24/h6-9,12-13,17-18,24,26-27H,3-5,10-11,14-16,19-21H2,1-2H3,(H,33,34,35). The highest BCUT2D eigenvalue weighted by atomic mass is 32.2. The molecule has 2 aromatic carbocycles. The fourth-order valence-corrected chi connectivity index (χ4v) is 7.93. The fourth-order valence-electron chi connectivity index (χ4n) is 6.92. The molecule has 1 aromatic heterocycles. The van der Waals surface area contributed by atoms with E-state index in [4.69, 9.17) is 4.74 Å². The summed E-state index contributed by atoms with van der Waals surface area (Å²) in [6.07, 6.45) is 8.72. The van der Waals surface area contributed by atoms with Gasteiger partial charge in [0.1, 0.15) is 0 Å². The number of sulfonamides is 1. The summed E-state index contributed by atoms with van der Waals surface area (Å²) in [5, 5.41) is 0. The first-order valence-corrected chi connectivity index (χ1v) is 16.2. The van der Waals surface area contributed by atoms with Crippen LogP contribution in [-0.4, -0.2) is 49.5 Å². The van der Waals surface area contributed by atoms with Crippen LogP contribution in [0, 0.1) is 31.6 Å². The number of nitrogens with one attached hydrogen (secondary N) is 1. The number of aryl methyl sites for hydroxylation is 2. The molecule has 0 radical (unpaired) electrons. The van der Waals surface area contributed by atoms with Gasteiger partial charge >= 0.3 is 0 Å². The van der Waals surface area contributed by atoms with Gasteiger partial charge in [0.05, 0.1) is 17.2 Å². The normalized spacial score (nSPS) is 23.4. The first-order chi connectivity index (χ1) is 19.3. The van der Waals surface area contributed by atoms with Crippen molar-refractivity contribution in [3.63, 3.8) is 0 Å². The molecule has 3 heterocycles. The van der Waals surface area contributed by atoms with Gasteiger partial charge in [-0.3, -0.25) is 0 Å². The second-order valence-electron chi connectivity index (χ2n) is 12.0. The quantitative estimate of drug-likeness (QED) is 0.422. The lowest BCUT2D eigenvalue weighted by molar-refractivity contribution is 0.0647. The first-order valence-electron chi connectivity index (χ1n) is 14.8. The van der Waals surface area contributed by atoms with E-state index >= 15 is 0 Å². The van der Waals surface area contributed by atoms with E-state index in [0.717, 1.165) is 54.1 Å². The Kier molecular flexibility index (Phi) is 7.82. The number of piperidine rings is 1. The van der Waals surface area contributed by atoms with Crippen molar-refractivity contribution in [1.82, 2.24) is 14.9 Å². The maximum atomic E-state index is 13.4.